The number of thiophene rings is 1. The van der Waals surface area contributed by atoms with Crippen LogP contribution in [0.1, 0.15) is 28.9 Å². The monoisotopic (exact) mass is 354 g/mol. The number of carbonyl (C=O) groups excluding carboxylic acids is 1. The van der Waals surface area contributed by atoms with Crippen LogP contribution < -0.4 is 0 Å². The van der Waals surface area contributed by atoms with Crippen molar-refractivity contribution < 1.29 is 9.90 Å². The molecule has 0 bridgehead atoms. The summed E-state index contributed by atoms with van der Waals surface area (Å²) in [5.74, 6) is 0.0361. The maximum atomic E-state index is 12.9. The van der Waals surface area contributed by atoms with Crippen molar-refractivity contribution in [2.45, 2.75) is 19.3 Å². The fourth-order valence-corrected chi connectivity index (χ4v) is 4.66. The summed E-state index contributed by atoms with van der Waals surface area (Å²) in [6.07, 6.45) is 2.67. The number of benzene rings is 1. The quantitative estimate of drug-likeness (QED) is 0.751. The van der Waals surface area contributed by atoms with Crippen LogP contribution in [0.25, 0.3) is 10.2 Å². The van der Waals surface area contributed by atoms with Gasteiger partial charge in [-0.25, -0.2) is 0 Å². The molecule has 3 heterocycles. The highest BCUT2D eigenvalue weighted by Gasteiger charge is 2.37. The van der Waals surface area contributed by atoms with Crippen molar-refractivity contribution in [3.63, 3.8) is 0 Å². The number of aliphatic hydroxyl groups excluding tert-OH is 1. The van der Waals surface area contributed by atoms with Crippen LogP contribution in [0.2, 0.25) is 0 Å². The number of H-pyrrole nitrogens is 1. The molecule has 0 radical (unpaired) electrons. The van der Waals surface area contributed by atoms with Crippen LogP contribution in [-0.2, 0) is 6.42 Å². The normalized spacial score (nSPS) is 20.9. The minimum absolute atomic E-state index is 0.0361. The summed E-state index contributed by atoms with van der Waals surface area (Å²) in [6.45, 7) is 1.46. The van der Waals surface area contributed by atoms with E-state index in [1.54, 1.807) is 11.3 Å². The first kappa shape index (κ1) is 16.4. The highest BCUT2D eigenvalue weighted by molar-refractivity contribution is 7.17. The van der Waals surface area contributed by atoms with Gasteiger partial charge in [-0.3, -0.25) is 4.79 Å². The first-order valence-electron chi connectivity index (χ1n) is 8.69. The van der Waals surface area contributed by atoms with Gasteiger partial charge in [0, 0.05) is 18.5 Å². The maximum Gasteiger partial charge on any atom is 0.270 e. The van der Waals surface area contributed by atoms with Gasteiger partial charge in [0.25, 0.3) is 5.91 Å². The number of aromatic nitrogens is 1. The van der Waals surface area contributed by atoms with Crippen LogP contribution >= 0.6 is 11.3 Å². The molecule has 1 saturated heterocycles. The second-order valence-corrected chi connectivity index (χ2v) is 7.98. The Morgan fingerprint density at radius 3 is 2.88 bits per heavy atom. The third-order valence-electron chi connectivity index (χ3n) is 5.18. The molecule has 25 heavy (non-hydrogen) atoms. The van der Waals surface area contributed by atoms with Gasteiger partial charge in [0.1, 0.15) is 5.69 Å². The minimum Gasteiger partial charge on any atom is -0.396 e. The number of amides is 1. The zero-order chi connectivity index (χ0) is 17.3. The molecule has 2 N–H and O–H groups in total. The van der Waals surface area contributed by atoms with E-state index in [-0.39, 0.29) is 17.9 Å². The number of likely N-dealkylation sites (tertiary alicyclic amines) is 1. The van der Waals surface area contributed by atoms with E-state index in [0.717, 1.165) is 36.0 Å². The van der Waals surface area contributed by atoms with Gasteiger partial charge >= 0.3 is 0 Å². The number of nitrogens with zero attached hydrogens (tertiary/aromatic N) is 1. The minimum atomic E-state index is -0.251. The first-order valence-corrected chi connectivity index (χ1v) is 9.57. The molecule has 3 aromatic rings. The predicted molar refractivity (Wildman–Crippen MR) is 101 cm³/mol. The molecule has 0 saturated carbocycles. The second kappa shape index (κ2) is 6.65. The average molecular weight is 354 g/mol. The number of fused-ring (bicyclic) bond motifs is 1. The Hall–Kier alpha value is -2.11. The molecule has 5 heteroatoms. The Bertz CT molecular complexity index is 842. The van der Waals surface area contributed by atoms with Crippen LogP contribution in [0.15, 0.2) is 47.8 Å². The van der Waals surface area contributed by atoms with E-state index in [2.05, 4.69) is 17.1 Å². The van der Waals surface area contributed by atoms with E-state index >= 15 is 0 Å². The lowest BCUT2D eigenvalue weighted by Gasteiger charge is -2.42. The lowest BCUT2D eigenvalue weighted by Crippen LogP contribution is -2.49. The van der Waals surface area contributed by atoms with E-state index in [1.807, 2.05) is 40.6 Å². The van der Waals surface area contributed by atoms with Crippen molar-refractivity contribution in [3.8, 4) is 0 Å². The number of nitrogens with one attached hydrogen (secondary N) is 1. The van der Waals surface area contributed by atoms with E-state index in [0.29, 0.717) is 12.2 Å². The van der Waals surface area contributed by atoms with Crippen molar-refractivity contribution in [2.75, 3.05) is 19.7 Å². The van der Waals surface area contributed by atoms with Crippen molar-refractivity contribution in [1.82, 2.24) is 9.88 Å². The Morgan fingerprint density at radius 1 is 1.28 bits per heavy atom. The summed E-state index contributed by atoms with van der Waals surface area (Å²) in [5, 5.41) is 12.1. The standard InChI is InChI=1S/C20H22N2O2S/c23-14-20(12-15-5-2-1-3-6-15)8-4-9-22(13-20)19(24)17-11-18-16(21-17)7-10-25-18/h1-3,5-7,10-11,21,23H,4,8-9,12-14H2/t20-/m0/s1. The molecule has 1 aromatic carbocycles. The number of piperidine rings is 1. The molecule has 4 rings (SSSR count). The van der Waals surface area contributed by atoms with Crippen LogP contribution in [0.3, 0.4) is 0 Å². The molecule has 0 aliphatic carbocycles. The van der Waals surface area contributed by atoms with Gasteiger partial charge in [-0.05, 0) is 42.3 Å². The summed E-state index contributed by atoms with van der Waals surface area (Å²) >= 11 is 1.64. The lowest BCUT2D eigenvalue weighted by molar-refractivity contribution is 0.0268. The first-order chi connectivity index (χ1) is 12.2. The number of hydrogen-bond donors (Lipinski definition) is 2. The Kier molecular flexibility index (Phi) is 4.36. The van der Waals surface area contributed by atoms with E-state index < -0.39 is 0 Å². The molecule has 1 amide bonds. The molecular weight excluding hydrogens is 332 g/mol. The van der Waals surface area contributed by atoms with Crippen molar-refractivity contribution in [1.29, 1.82) is 0 Å². The molecule has 1 fully saturated rings. The van der Waals surface area contributed by atoms with Crippen molar-refractivity contribution >= 4 is 27.5 Å². The van der Waals surface area contributed by atoms with Gasteiger partial charge in [0.05, 0.1) is 16.8 Å². The summed E-state index contributed by atoms with van der Waals surface area (Å²) in [5.41, 5.74) is 2.63. The highest BCUT2D eigenvalue weighted by atomic mass is 32.1. The Labute approximate surface area is 151 Å². The van der Waals surface area contributed by atoms with Gasteiger partial charge in [-0.15, -0.1) is 11.3 Å². The summed E-state index contributed by atoms with van der Waals surface area (Å²) in [4.78, 5) is 18.1. The van der Waals surface area contributed by atoms with Gasteiger partial charge < -0.3 is 15.0 Å². The maximum absolute atomic E-state index is 12.9. The Balaban J connectivity index is 1.54. The topological polar surface area (TPSA) is 56.3 Å². The number of hydrogen-bond acceptors (Lipinski definition) is 3. The second-order valence-electron chi connectivity index (χ2n) is 7.03. The summed E-state index contributed by atoms with van der Waals surface area (Å²) in [6, 6.07) is 14.2. The third-order valence-corrected chi connectivity index (χ3v) is 6.04. The SMILES string of the molecule is O=C(c1cc2sccc2[nH]1)N1CCC[C@](CO)(Cc2ccccc2)C1. The number of rotatable bonds is 4. The van der Waals surface area contributed by atoms with Crippen LogP contribution in [0.5, 0.6) is 0 Å². The van der Waals surface area contributed by atoms with Gasteiger partial charge in [0.2, 0.25) is 0 Å². The van der Waals surface area contributed by atoms with E-state index in [4.69, 9.17) is 0 Å². The van der Waals surface area contributed by atoms with Gasteiger partial charge in [-0.1, -0.05) is 30.3 Å². The molecule has 0 unspecified atom stereocenters. The molecule has 130 valence electrons. The molecular formula is C20H22N2O2S. The summed E-state index contributed by atoms with van der Waals surface area (Å²) < 4.78 is 1.11. The van der Waals surface area contributed by atoms with Gasteiger partial charge in [-0.2, -0.15) is 0 Å². The zero-order valence-electron chi connectivity index (χ0n) is 14.1. The zero-order valence-corrected chi connectivity index (χ0v) is 14.9. The molecule has 4 nitrogen and oxygen atoms in total. The molecule has 2 aromatic heterocycles. The molecule has 1 atom stereocenters. The molecule has 0 spiro atoms. The fraction of sp³-hybridized carbons (Fsp3) is 0.350. The van der Waals surface area contributed by atoms with Crippen LogP contribution in [-0.4, -0.2) is 40.6 Å². The number of aliphatic hydroxyl groups is 1. The molecule has 1 aliphatic heterocycles. The van der Waals surface area contributed by atoms with Gasteiger partial charge in [0.15, 0.2) is 0 Å². The number of aromatic amines is 1. The third kappa shape index (κ3) is 3.22. The van der Waals surface area contributed by atoms with E-state index in [9.17, 15) is 9.90 Å². The van der Waals surface area contributed by atoms with E-state index in [1.165, 1.54) is 5.56 Å². The Morgan fingerprint density at radius 2 is 2.12 bits per heavy atom. The lowest BCUT2D eigenvalue weighted by atomic mass is 9.75. The van der Waals surface area contributed by atoms with Crippen LogP contribution in [0.4, 0.5) is 0 Å². The van der Waals surface area contributed by atoms with Crippen LogP contribution in [0, 0.1) is 5.41 Å². The highest BCUT2D eigenvalue weighted by Crippen LogP contribution is 2.34. The molecule has 1 aliphatic rings. The summed E-state index contributed by atoms with van der Waals surface area (Å²) in [7, 11) is 0. The fourth-order valence-electron chi connectivity index (χ4n) is 3.87. The van der Waals surface area contributed by atoms with Crippen molar-refractivity contribution in [3.05, 3.63) is 59.1 Å². The smallest absolute Gasteiger partial charge is 0.270 e. The largest absolute Gasteiger partial charge is 0.396 e. The predicted octanol–water partition coefficient (Wildman–Crippen LogP) is 3.69. The number of carbonyl (C=O) groups is 1. The average Bonchev–Trinajstić information content (AvgIpc) is 3.24. The van der Waals surface area contributed by atoms with Crippen molar-refractivity contribution in [2.24, 2.45) is 5.41 Å².